The molecule has 2 rings (SSSR count). The molecule has 0 aliphatic heterocycles. The van der Waals surface area contributed by atoms with Crippen molar-refractivity contribution in [1.29, 1.82) is 0 Å². The van der Waals surface area contributed by atoms with E-state index in [4.69, 9.17) is 0 Å². The van der Waals surface area contributed by atoms with Crippen molar-refractivity contribution >= 4 is 27.5 Å². The number of aryl methyl sites for hydroxylation is 1. The number of nitrogens with one attached hydrogen (secondary N) is 1. The van der Waals surface area contributed by atoms with Gasteiger partial charge in [0, 0.05) is 11.0 Å². The van der Waals surface area contributed by atoms with Crippen LogP contribution < -0.4 is 5.32 Å². The first-order valence-electron chi connectivity index (χ1n) is 5.71. The quantitative estimate of drug-likeness (QED) is 0.946. The molecule has 0 aliphatic carbocycles. The third-order valence-electron chi connectivity index (χ3n) is 2.77. The van der Waals surface area contributed by atoms with Crippen LogP contribution in [0.4, 0.5) is 5.69 Å². The Morgan fingerprint density at radius 2 is 2.17 bits per heavy atom. The van der Waals surface area contributed by atoms with Crippen molar-refractivity contribution in [3.05, 3.63) is 46.2 Å². The highest BCUT2D eigenvalue weighted by atomic mass is 79.9. The molecule has 0 bridgehead atoms. The summed E-state index contributed by atoms with van der Waals surface area (Å²) < 4.78 is 2.62. The summed E-state index contributed by atoms with van der Waals surface area (Å²) in [5.41, 5.74) is 2.32. The fraction of sp³-hybridized carbons (Fsp3) is 0.231. The van der Waals surface area contributed by atoms with Gasteiger partial charge in [0.1, 0.15) is 0 Å². The normalized spacial score (nSPS) is 10.4. The molecule has 1 aromatic heterocycles. The van der Waals surface area contributed by atoms with Gasteiger partial charge in [-0.15, -0.1) is 0 Å². The molecule has 0 radical (unpaired) electrons. The molecule has 1 amide bonds. The summed E-state index contributed by atoms with van der Waals surface area (Å²) >= 11 is 3.37. The molecule has 18 heavy (non-hydrogen) atoms. The first-order valence-corrected chi connectivity index (χ1v) is 6.51. The van der Waals surface area contributed by atoms with Crippen molar-refractivity contribution in [2.45, 2.75) is 20.4 Å². The van der Waals surface area contributed by atoms with Gasteiger partial charge < -0.3 is 5.32 Å². The summed E-state index contributed by atoms with van der Waals surface area (Å²) in [4.78, 5) is 12.1. The lowest BCUT2D eigenvalue weighted by molar-refractivity contribution is 0.102. The van der Waals surface area contributed by atoms with Crippen LogP contribution in [-0.2, 0) is 6.54 Å². The molecule has 0 atom stereocenters. The summed E-state index contributed by atoms with van der Waals surface area (Å²) in [6.07, 6.45) is 1.67. The highest BCUT2D eigenvalue weighted by molar-refractivity contribution is 9.10. The van der Waals surface area contributed by atoms with E-state index < -0.39 is 0 Å². The van der Waals surface area contributed by atoms with Crippen LogP contribution in [0.25, 0.3) is 0 Å². The van der Waals surface area contributed by atoms with E-state index in [2.05, 4.69) is 26.3 Å². The van der Waals surface area contributed by atoms with Crippen LogP contribution in [0.2, 0.25) is 0 Å². The van der Waals surface area contributed by atoms with Gasteiger partial charge in [-0.2, -0.15) is 5.10 Å². The fourth-order valence-electron chi connectivity index (χ4n) is 1.72. The minimum atomic E-state index is -0.138. The largest absolute Gasteiger partial charge is 0.319 e. The van der Waals surface area contributed by atoms with Gasteiger partial charge in [0.15, 0.2) is 0 Å². The molecule has 0 aliphatic rings. The maximum Gasteiger partial charge on any atom is 0.256 e. The highest BCUT2D eigenvalue weighted by Gasteiger charge is 2.12. The molecular weight excluding hydrogens is 294 g/mol. The maximum atomic E-state index is 12.1. The smallest absolute Gasteiger partial charge is 0.256 e. The number of carbonyl (C=O) groups is 1. The zero-order chi connectivity index (χ0) is 13.1. The van der Waals surface area contributed by atoms with Crippen LogP contribution >= 0.6 is 15.9 Å². The molecular formula is C13H14BrN3O. The van der Waals surface area contributed by atoms with E-state index in [-0.39, 0.29) is 5.91 Å². The Balaban J connectivity index is 2.22. The topological polar surface area (TPSA) is 46.9 Å². The highest BCUT2D eigenvalue weighted by Crippen LogP contribution is 2.19. The Morgan fingerprint density at radius 1 is 1.44 bits per heavy atom. The van der Waals surface area contributed by atoms with E-state index in [0.29, 0.717) is 5.56 Å². The molecule has 0 spiro atoms. The Labute approximate surface area is 114 Å². The maximum absolute atomic E-state index is 12.1. The van der Waals surface area contributed by atoms with Gasteiger partial charge >= 0.3 is 0 Å². The Hall–Kier alpha value is -1.62. The van der Waals surface area contributed by atoms with E-state index in [1.165, 1.54) is 0 Å². The second-order valence-corrected chi connectivity index (χ2v) is 4.75. The van der Waals surface area contributed by atoms with Gasteiger partial charge in [-0.05, 0) is 41.9 Å². The number of halogens is 1. The minimum Gasteiger partial charge on any atom is -0.319 e. The van der Waals surface area contributed by atoms with Crippen LogP contribution in [0.15, 0.2) is 34.9 Å². The third-order valence-corrected chi connectivity index (χ3v) is 3.46. The first-order chi connectivity index (χ1) is 8.63. The number of aromatic nitrogens is 2. The van der Waals surface area contributed by atoms with Crippen molar-refractivity contribution in [3.63, 3.8) is 0 Å². The first kappa shape index (κ1) is 12.8. The van der Waals surface area contributed by atoms with E-state index in [9.17, 15) is 4.79 Å². The van der Waals surface area contributed by atoms with Crippen molar-refractivity contribution in [1.82, 2.24) is 9.78 Å². The molecule has 0 saturated carbocycles. The van der Waals surface area contributed by atoms with Crippen LogP contribution in [0, 0.1) is 6.92 Å². The summed E-state index contributed by atoms with van der Waals surface area (Å²) in [7, 11) is 0. The van der Waals surface area contributed by atoms with Crippen LogP contribution in [0.1, 0.15) is 23.0 Å². The number of rotatable bonds is 3. The van der Waals surface area contributed by atoms with Crippen LogP contribution in [0.5, 0.6) is 0 Å². The van der Waals surface area contributed by atoms with Gasteiger partial charge in [-0.3, -0.25) is 9.48 Å². The zero-order valence-electron chi connectivity index (χ0n) is 10.3. The molecule has 1 N–H and O–H groups in total. The number of anilines is 1. The molecule has 0 unspecified atom stereocenters. The number of amides is 1. The molecule has 0 fully saturated rings. The van der Waals surface area contributed by atoms with Crippen molar-refractivity contribution in [2.75, 3.05) is 5.32 Å². The van der Waals surface area contributed by atoms with Gasteiger partial charge in [-0.25, -0.2) is 0 Å². The second kappa shape index (κ2) is 5.35. The molecule has 0 saturated heterocycles. The van der Waals surface area contributed by atoms with E-state index in [0.717, 1.165) is 22.4 Å². The molecule has 4 nitrogen and oxygen atoms in total. The standard InChI is InChI=1S/C13H14BrN3O/c1-3-17-9(2)12(8-15-17)16-13(18)10-6-4-5-7-11(10)14/h4-8H,3H2,1-2H3,(H,16,18). The lowest BCUT2D eigenvalue weighted by atomic mass is 10.2. The fourth-order valence-corrected chi connectivity index (χ4v) is 2.19. The van der Waals surface area contributed by atoms with E-state index in [1.54, 1.807) is 12.3 Å². The predicted octanol–water partition coefficient (Wildman–Crippen LogP) is 3.23. The van der Waals surface area contributed by atoms with Gasteiger partial charge in [0.25, 0.3) is 5.91 Å². The molecule has 94 valence electrons. The Kier molecular flexibility index (Phi) is 3.81. The number of carbonyl (C=O) groups excluding carboxylic acids is 1. The molecule has 1 heterocycles. The number of benzene rings is 1. The summed E-state index contributed by atoms with van der Waals surface area (Å²) in [6, 6.07) is 7.33. The van der Waals surface area contributed by atoms with E-state index >= 15 is 0 Å². The minimum absolute atomic E-state index is 0.138. The second-order valence-electron chi connectivity index (χ2n) is 3.89. The van der Waals surface area contributed by atoms with Gasteiger partial charge in [0.05, 0.1) is 23.1 Å². The third kappa shape index (κ3) is 2.46. The zero-order valence-corrected chi connectivity index (χ0v) is 11.9. The van der Waals surface area contributed by atoms with Crippen LogP contribution in [-0.4, -0.2) is 15.7 Å². The lowest BCUT2D eigenvalue weighted by Crippen LogP contribution is -2.13. The van der Waals surface area contributed by atoms with Crippen molar-refractivity contribution in [2.24, 2.45) is 0 Å². The molecule has 5 heteroatoms. The molecule has 2 aromatic rings. The summed E-state index contributed by atoms with van der Waals surface area (Å²) in [5, 5.41) is 7.06. The number of nitrogens with zero attached hydrogens (tertiary/aromatic N) is 2. The molecule has 1 aromatic carbocycles. The monoisotopic (exact) mass is 307 g/mol. The van der Waals surface area contributed by atoms with Crippen LogP contribution in [0.3, 0.4) is 0 Å². The Bertz CT molecular complexity index is 577. The van der Waals surface area contributed by atoms with Crippen molar-refractivity contribution < 1.29 is 4.79 Å². The average molecular weight is 308 g/mol. The van der Waals surface area contributed by atoms with E-state index in [1.807, 2.05) is 36.7 Å². The predicted molar refractivity (Wildman–Crippen MR) is 74.7 cm³/mol. The number of hydrogen-bond donors (Lipinski definition) is 1. The average Bonchev–Trinajstić information content (AvgIpc) is 2.71. The number of hydrogen-bond acceptors (Lipinski definition) is 2. The SMILES string of the molecule is CCn1ncc(NC(=O)c2ccccc2Br)c1C. The van der Waals surface area contributed by atoms with Gasteiger partial charge in [-0.1, -0.05) is 12.1 Å². The summed E-state index contributed by atoms with van der Waals surface area (Å²) in [6.45, 7) is 4.74. The lowest BCUT2D eigenvalue weighted by Gasteiger charge is -2.06. The Morgan fingerprint density at radius 3 is 2.78 bits per heavy atom. The summed E-state index contributed by atoms with van der Waals surface area (Å²) in [5.74, 6) is -0.138. The van der Waals surface area contributed by atoms with Crippen molar-refractivity contribution in [3.8, 4) is 0 Å². The van der Waals surface area contributed by atoms with Gasteiger partial charge in [0.2, 0.25) is 0 Å².